The van der Waals surface area contributed by atoms with Crippen LogP contribution >= 0.6 is 0 Å². The first-order valence-corrected chi connectivity index (χ1v) is 24.9. The first kappa shape index (κ1) is 43.4. The molecule has 1 aromatic heterocycles. The number of carbonyl (C=O) groups is 2. The van der Waals surface area contributed by atoms with Gasteiger partial charge in [0.15, 0.2) is 5.71 Å². The Morgan fingerprint density at radius 2 is 1.74 bits per heavy atom. The Morgan fingerprint density at radius 1 is 0.952 bits per heavy atom. The topological polar surface area (TPSA) is 146 Å². The second-order valence-electron chi connectivity index (χ2n) is 16.1. The number of anilines is 4. The molecule has 2 amide bonds. The van der Waals surface area contributed by atoms with Gasteiger partial charge >= 0.3 is 0 Å². The minimum atomic E-state index is -3.74. The van der Waals surface area contributed by atoms with Gasteiger partial charge in [0.05, 0.1) is 17.0 Å². The van der Waals surface area contributed by atoms with Gasteiger partial charge in [0, 0.05) is 60.1 Å². The highest BCUT2D eigenvalue weighted by Gasteiger charge is 2.41. The molecule has 0 spiro atoms. The molecule has 316 valence electrons. The molecule has 0 unspecified atom stereocenters. The third-order valence-electron chi connectivity index (χ3n) is 11.1. The molecular weight excluding hydrogens is 815 g/mol. The zero-order valence-electron chi connectivity index (χ0n) is 36.0. The van der Waals surface area contributed by atoms with E-state index in [0.29, 0.717) is 40.1 Å². The minimum absolute atomic E-state index is 0.0585. The number of aromatic nitrogens is 2. The van der Waals surface area contributed by atoms with Crippen molar-refractivity contribution >= 4 is 80.3 Å². The van der Waals surface area contributed by atoms with Gasteiger partial charge in [0.1, 0.15) is 34.3 Å². The van der Waals surface area contributed by atoms with Crippen LogP contribution in [0, 0.1) is 19.3 Å². The summed E-state index contributed by atoms with van der Waals surface area (Å²) in [5, 5.41) is 13.6. The first-order valence-electron chi connectivity index (χ1n) is 20.4. The van der Waals surface area contributed by atoms with Crippen LogP contribution in [-0.4, -0.2) is 82.0 Å². The highest BCUT2D eigenvalue weighted by molar-refractivity contribution is 7.86. The van der Waals surface area contributed by atoms with Crippen LogP contribution in [0.2, 0.25) is 13.1 Å². The molecule has 5 aromatic rings. The van der Waals surface area contributed by atoms with Gasteiger partial charge in [-0.3, -0.25) is 9.59 Å². The summed E-state index contributed by atoms with van der Waals surface area (Å²) in [5.74, 6) is 2.58. The van der Waals surface area contributed by atoms with Crippen LogP contribution < -0.4 is 26.2 Å². The van der Waals surface area contributed by atoms with Gasteiger partial charge in [0.2, 0.25) is 5.91 Å². The molecule has 0 bridgehead atoms. The number of carbonyl (C=O) groups excluding carboxylic acids is 2. The van der Waals surface area contributed by atoms with Gasteiger partial charge in [-0.25, -0.2) is 19.6 Å². The number of hydrogen-bond donors (Lipinski definition) is 3. The van der Waals surface area contributed by atoms with Crippen molar-refractivity contribution in [2.75, 3.05) is 49.1 Å². The van der Waals surface area contributed by atoms with E-state index in [2.05, 4.69) is 79.9 Å². The number of benzene rings is 4. The van der Waals surface area contributed by atoms with Crippen molar-refractivity contribution in [3.8, 4) is 12.3 Å². The number of amides is 2. The predicted octanol–water partition coefficient (Wildman–Crippen LogP) is 7.01. The monoisotopic (exact) mass is 864 g/mol. The molecule has 0 atom stereocenters. The Hall–Kier alpha value is -6.66. The largest absolute Gasteiger partial charge is 0.352 e. The minimum Gasteiger partial charge on any atom is -0.352 e. The maximum atomic E-state index is 13.5. The number of hydrogen-bond acceptors (Lipinski definition) is 9. The Labute approximate surface area is 364 Å². The third kappa shape index (κ3) is 9.15. The summed E-state index contributed by atoms with van der Waals surface area (Å²) in [6, 6.07) is 24.5. The van der Waals surface area contributed by atoms with Gasteiger partial charge in [-0.15, -0.1) is 10.7 Å². The molecule has 12 nitrogen and oxygen atoms in total. The van der Waals surface area contributed by atoms with Crippen LogP contribution in [0.15, 0.2) is 114 Å². The number of hydroxylamine groups is 1. The molecule has 1 aliphatic carbocycles. The fourth-order valence-electron chi connectivity index (χ4n) is 7.85. The second-order valence-corrected chi connectivity index (χ2v) is 22.1. The van der Waals surface area contributed by atoms with Crippen LogP contribution in [0.5, 0.6) is 0 Å². The molecule has 4 aromatic carbocycles. The lowest BCUT2D eigenvalue weighted by Crippen LogP contribution is -2.50. The zero-order valence-corrected chi connectivity index (χ0v) is 37.8. The lowest BCUT2D eigenvalue weighted by atomic mass is 9.87. The average Bonchev–Trinajstić information content (AvgIpc) is 3.24. The van der Waals surface area contributed by atoms with Gasteiger partial charge < -0.3 is 16.0 Å². The lowest BCUT2D eigenvalue weighted by Gasteiger charge is -2.38. The quantitative estimate of drug-likeness (QED) is 0.0493. The Kier molecular flexibility index (Phi) is 12.4. The van der Waals surface area contributed by atoms with Crippen LogP contribution in [-0.2, 0) is 19.2 Å². The molecule has 0 radical (unpaired) electrons. The van der Waals surface area contributed by atoms with Crippen molar-refractivity contribution in [2.24, 2.45) is 0 Å². The first-order chi connectivity index (χ1) is 29.6. The molecule has 2 aliphatic rings. The molecule has 7 rings (SSSR count). The molecule has 3 N–H and O–H groups in total. The summed E-state index contributed by atoms with van der Waals surface area (Å²) in [4.78, 5) is 35.3. The molecule has 2 heterocycles. The number of aryl methyl sites for hydroxylation is 1. The number of nitrogens with one attached hydrogen (secondary N) is 3. The number of nitrogens with zero attached hydrogens (tertiary/aromatic N) is 4. The molecule has 0 saturated heterocycles. The highest BCUT2D eigenvalue weighted by atomic mass is 32.2. The normalized spacial score (nSPS) is 14.0. The SMILES string of the molecule is C#Cc1cccc(Nc2ncnc3ccc(NC(=O)CCNC(=O)c4ccc(C5=C6C=CC(=[N+](C)C)C=C6[Si](C)(C)c6cc(N(C)OS(=O)(=O)CCC)ccc65)c(C)c4)cc23)c1. The Morgan fingerprint density at radius 3 is 2.48 bits per heavy atom. The molecule has 14 heteroatoms. The van der Waals surface area contributed by atoms with Gasteiger partial charge in [0.25, 0.3) is 16.0 Å². The fraction of sp³-hybridized carbons (Fsp3) is 0.229. The van der Waals surface area contributed by atoms with Gasteiger partial charge in [-0.1, -0.05) is 44.1 Å². The van der Waals surface area contributed by atoms with Gasteiger partial charge in [-0.05, 0) is 118 Å². The van der Waals surface area contributed by atoms with E-state index in [0.717, 1.165) is 50.0 Å². The molecule has 62 heavy (non-hydrogen) atoms. The van der Waals surface area contributed by atoms with E-state index in [1.54, 1.807) is 20.0 Å². The number of fused-ring (bicyclic) bond motifs is 3. The molecule has 1 aliphatic heterocycles. The molecule has 0 fully saturated rings. The predicted molar refractivity (Wildman–Crippen MR) is 251 cm³/mol. The fourth-order valence-corrected chi connectivity index (χ4v) is 11.9. The van der Waals surface area contributed by atoms with E-state index in [1.165, 1.54) is 16.6 Å². The van der Waals surface area contributed by atoms with E-state index >= 15 is 0 Å². The highest BCUT2D eigenvalue weighted by Crippen LogP contribution is 2.43. The second kappa shape index (κ2) is 17.7. The number of terminal acetylenes is 1. The van der Waals surface area contributed by atoms with Crippen LogP contribution in [0.4, 0.5) is 22.9 Å². The number of rotatable bonds is 13. The summed E-state index contributed by atoms with van der Waals surface area (Å²) in [6.07, 6.45) is 14.1. The van der Waals surface area contributed by atoms with Crippen molar-refractivity contribution in [2.45, 2.75) is 39.8 Å². The van der Waals surface area contributed by atoms with E-state index in [4.69, 9.17) is 10.7 Å². The summed E-state index contributed by atoms with van der Waals surface area (Å²) in [5.41, 5.74) is 10.1. The number of allylic oxidation sites excluding steroid dienone is 5. The summed E-state index contributed by atoms with van der Waals surface area (Å²) >= 11 is 0. The van der Waals surface area contributed by atoms with Crippen LogP contribution in [0.3, 0.4) is 0 Å². The maximum absolute atomic E-state index is 13.5. The Balaban J connectivity index is 1.08. The third-order valence-corrected chi connectivity index (χ3v) is 15.9. The zero-order chi connectivity index (χ0) is 44.3. The maximum Gasteiger partial charge on any atom is 0.288 e. The van der Waals surface area contributed by atoms with Crippen LogP contribution in [0.1, 0.15) is 52.4 Å². The van der Waals surface area contributed by atoms with E-state index in [9.17, 15) is 18.0 Å². The lowest BCUT2D eigenvalue weighted by molar-refractivity contribution is -0.462. The molecule has 0 saturated carbocycles. The summed E-state index contributed by atoms with van der Waals surface area (Å²) in [6.45, 7) is 8.56. The van der Waals surface area contributed by atoms with Crippen molar-refractivity contribution < 1.29 is 26.9 Å². The van der Waals surface area contributed by atoms with Crippen molar-refractivity contribution in [1.29, 1.82) is 0 Å². The smallest absolute Gasteiger partial charge is 0.288 e. The van der Waals surface area contributed by atoms with Gasteiger partial charge in [-0.2, -0.15) is 8.42 Å². The van der Waals surface area contributed by atoms with Crippen molar-refractivity contribution in [1.82, 2.24) is 15.3 Å². The average molecular weight is 865 g/mol. The Bertz CT molecular complexity index is 2920. The summed E-state index contributed by atoms with van der Waals surface area (Å²) in [7, 11) is -0.425. The van der Waals surface area contributed by atoms with Crippen molar-refractivity contribution in [3.05, 3.63) is 142 Å². The van der Waals surface area contributed by atoms with E-state index < -0.39 is 18.2 Å². The van der Waals surface area contributed by atoms with Crippen molar-refractivity contribution in [3.63, 3.8) is 0 Å². The standard InChI is InChI=1S/C48H49N7O5SSi/c1-9-24-61(58,59)60-55(6)37-17-20-40-44(29-37)62(7,8)43-28-36(54(4)5)16-19-39(43)46(40)38-18-14-33(25-31(38)3)48(57)49-23-22-45(56)52-35-15-21-42-41(27-35)47(51-30-50-42)53-34-13-11-12-32(10-2)26-34/h2,11-21,25-30,49,57H,9,22-24H2,1,3-8H3/p+1. The van der Waals surface area contributed by atoms with Crippen LogP contribution in [0.25, 0.3) is 16.5 Å². The van der Waals surface area contributed by atoms with E-state index in [1.807, 2.05) is 81.7 Å². The molecular formula is C48H50N7O5SSi+. The summed E-state index contributed by atoms with van der Waals surface area (Å²) < 4.78 is 32.7. The van der Waals surface area contributed by atoms with E-state index in [-0.39, 0.29) is 30.5 Å².